The van der Waals surface area contributed by atoms with Gasteiger partial charge < -0.3 is 14.5 Å². The number of ether oxygens (including phenoxy) is 1. The van der Waals surface area contributed by atoms with Gasteiger partial charge in [0.1, 0.15) is 11.0 Å². The smallest absolute Gasteiger partial charge is 0.412 e. The van der Waals surface area contributed by atoms with E-state index in [0.29, 0.717) is 34.6 Å². The second-order valence-corrected chi connectivity index (χ2v) is 10.1. The van der Waals surface area contributed by atoms with Crippen LogP contribution in [0.4, 0.5) is 10.6 Å². The van der Waals surface area contributed by atoms with Crippen molar-refractivity contribution < 1.29 is 14.3 Å². The minimum Gasteiger partial charge on any atom is -0.420 e. The van der Waals surface area contributed by atoms with Crippen LogP contribution in [0.3, 0.4) is 0 Å². The Labute approximate surface area is 192 Å². The van der Waals surface area contributed by atoms with Crippen molar-refractivity contribution in [3.8, 4) is 0 Å². The van der Waals surface area contributed by atoms with Crippen molar-refractivity contribution in [2.24, 2.45) is 0 Å². The van der Waals surface area contributed by atoms with Crippen LogP contribution in [0.1, 0.15) is 0 Å². The van der Waals surface area contributed by atoms with Gasteiger partial charge in [0, 0.05) is 43.1 Å². The number of fused-ring (bicyclic) bond motifs is 1. The molecule has 11 heteroatoms. The van der Waals surface area contributed by atoms with E-state index in [1.54, 1.807) is 28.8 Å². The van der Waals surface area contributed by atoms with Crippen LogP contribution < -0.4 is 4.90 Å². The molecule has 2 aromatic heterocycles. The average molecular weight is 478 g/mol. The normalized spacial score (nSPS) is 22.3. The predicted molar refractivity (Wildman–Crippen MR) is 123 cm³/mol. The van der Waals surface area contributed by atoms with E-state index < -0.39 is 12.3 Å². The number of aromatic nitrogens is 2. The van der Waals surface area contributed by atoms with Gasteiger partial charge in [-0.2, -0.15) is 0 Å². The van der Waals surface area contributed by atoms with Crippen molar-refractivity contribution in [3.63, 3.8) is 0 Å². The lowest BCUT2D eigenvalue weighted by molar-refractivity contribution is -0.115. The molecule has 0 bridgehead atoms. The topological polar surface area (TPSA) is 78.9 Å². The van der Waals surface area contributed by atoms with Crippen LogP contribution in [-0.4, -0.2) is 82.7 Å². The highest BCUT2D eigenvalue weighted by Crippen LogP contribution is 2.45. The zero-order chi connectivity index (χ0) is 21.5. The number of rotatable bonds is 2. The number of carbonyl (C=O) groups excluding carboxylic acids is 2. The summed E-state index contributed by atoms with van der Waals surface area (Å²) in [5, 5.41) is 1.14. The fourth-order valence-electron chi connectivity index (χ4n) is 3.71. The van der Waals surface area contributed by atoms with E-state index >= 15 is 0 Å². The highest BCUT2D eigenvalue weighted by molar-refractivity contribution is 8.10. The summed E-state index contributed by atoms with van der Waals surface area (Å²) < 4.78 is 5.92. The first kappa shape index (κ1) is 20.9. The maximum absolute atomic E-state index is 13.3. The number of piperazine rings is 1. The van der Waals surface area contributed by atoms with Gasteiger partial charge in [-0.1, -0.05) is 11.6 Å². The predicted octanol–water partition coefficient (Wildman–Crippen LogP) is 3.03. The van der Waals surface area contributed by atoms with Gasteiger partial charge in [-0.25, -0.2) is 19.7 Å². The van der Waals surface area contributed by atoms with Gasteiger partial charge >= 0.3 is 6.09 Å². The Morgan fingerprint density at radius 3 is 2.65 bits per heavy atom. The summed E-state index contributed by atoms with van der Waals surface area (Å²) in [5.41, 5.74) is 0.437. The molecule has 0 aliphatic carbocycles. The standard InChI is InChI=1S/C20H20ClN5O3S2/c1-24-6-8-25(9-7-24)20(28)29-19-16-15(30-10-11-31-16)18(27)26(19)14-5-3-12-2-4-13(21)22-17(12)23-14/h2-5,19H,6-11H2,1H3/t19-/m0/s1. The van der Waals surface area contributed by atoms with Crippen molar-refractivity contribution in [1.82, 2.24) is 19.8 Å². The number of hydrogen-bond donors (Lipinski definition) is 0. The first-order chi connectivity index (χ1) is 15.0. The monoisotopic (exact) mass is 477 g/mol. The summed E-state index contributed by atoms with van der Waals surface area (Å²) in [6.45, 7) is 2.78. The average Bonchev–Trinajstić information content (AvgIpc) is 3.05. The fraction of sp³-hybridized carbons (Fsp3) is 0.400. The lowest BCUT2D eigenvalue weighted by Crippen LogP contribution is -2.49. The second-order valence-electron chi connectivity index (χ2n) is 7.44. The lowest BCUT2D eigenvalue weighted by atomic mass is 10.3. The first-order valence-corrected chi connectivity index (χ1v) is 12.3. The Hall–Kier alpha value is -2.01. The molecule has 1 saturated heterocycles. The molecule has 5 heterocycles. The van der Waals surface area contributed by atoms with Crippen LogP contribution in [0, 0.1) is 0 Å². The van der Waals surface area contributed by atoms with Crippen LogP contribution in [-0.2, 0) is 9.53 Å². The molecule has 0 spiro atoms. The number of hydrogen-bond acceptors (Lipinski definition) is 8. The van der Waals surface area contributed by atoms with Crippen molar-refractivity contribution >= 4 is 64.0 Å². The third-order valence-electron chi connectivity index (χ3n) is 5.41. The van der Waals surface area contributed by atoms with Crippen molar-refractivity contribution in [2.45, 2.75) is 6.23 Å². The molecule has 0 saturated carbocycles. The molecule has 1 fully saturated rings. The van der Waals surface area contributed by atoms with E-state index in [1.165, 1.54) is 16.7 Å². The van der Waals surface area contributed by atoms with Gasteiger partial charge in [-0.3, -0.25) is 4.79 Å². The summed E-state index contributed by atoms with van der Waals surface area (Å²) in [6, 6.07) is 7.11. The van der Waals surface area contributed by atoms with Gasteiger partial charge in [-0.15, -0.1) is 23.5 Å². The quantitative estimate of drug-likeness (QED) is 0.611. The van der Waals surface area contributed by atoms with Crippen LogP contribution in [0.25, 0.3) is 11.0 Å². The Kier molecular flexibility index (Phi) is 5.72. The number of pyridine rings is 2. The Morgan fingerprint density at radius 1 is 1.10 bits per heavy atom. The van der Waals surface area contributed by atoms with Crippen LogP contribution in [0.15, 0.2) is 34.1 Å². The maximum Gasteiger partial charge on any atom is 0.412 e. The number of nitrogens with zero attached hydrogens (tertiary/aromatic N) is 5. The third kappa shape index (κ3) is 3.97. The Bertz CT molecular complexity index is 1090. The second kappa shape index (κ2) is 8.50. The van der Waals surface area contributed by atoms with E-state index in [0.717, 1.165) is 34.9 Å². The van der Waals surface area contributed by atoms with Crippen LogP contribution >= 0.6 is 35.1 Å². The molecule has 1 atom stereocenters. The summed E-state index contributed by atoms with van der Waals surface area (Å²) >= 11 is 9.10. The molecule has 0 unspecified atom stereocenters. The zero-order valence-electron chi connectivity index (χ0n) is 16.8. The van der Waals surface area contributed by atoms with Crippen molar-refractivity contribution in [1.29, 1.82) is 0 Å². The van der Waals surface area contributed by atoms with Gasteiger partial charge in [0.25, 0.3) is 5.91 Å². The molecule has 31 heavy (non-hydrogen) atoms. The molecule has 162 valence electrons. The van der Waals surface area contributed by atoms with Gasteiger partial charge in [0.15, 0.2) is 5.65 Å². The number of carbonyl (C=O) groups is 2. The minimum absolute atomic E-state index is 0.197. The molecule has 2 amide bonds. The zero-order valence-corrected chi connectivity index (χ0v) is 19.2. The van der Waals surface area contributed by atoms with Crippen molar-refractivity contribution in [3.05, 3.63) is 39.2 Å². The molecular weight excluding hydrogens is 458 g/mol. The number of amides is 2. The van der Waals surface area contributed by atoms with E-state index in [2.05, 4.69) is 14.9 Å². The molecular formula is C20H20ClN5O3S2. The van der Waals surface area contributed by atoms with Gasteiger partial charge in [0.2, 0.25) is 6.23 Å². The molecule has 2 aromatic rings. The number of anilines is 1. The minimum atomic E-state index is -0.823. The van der Waals surface area contributed by atoms with E-state index in [4.69, 9.17) is 16.3 Å². The summed E-state index contributed by atoms with van der Waals surface area (Å²) in [4.78, 5) is 41.8. The summed E-state index contributed by atoms with van der Waals surface area (Å²) in [6.07, 6.45) is -1.24. The van der Waals surface area contributed by atoms with Crippen LogP contribution in [0.2, 0.25) is 5.15 Å². The fourth-order valence-corrected chi connectivity index (χ4v) is 6.27. The lowest BCUT2D eigenvalue weighted by Gasteiger charge is -2.33. The van der Waals surface area contributed by atoms with Gasteiger partial charge in [0.05, 0.1) is 9.81 Å². The molecule has 0 aromatic carbocycles. The van der Waals surface area contributed by atoms with E-state index in [1.807, 2.05) is 19.2 Å². The summed E-state index contributed by atoms with van der Waals surface area (Å²) in [7, 11) is 2.03. The largest absolute Gasteiger partial charge is 0.420 e. The molecule has 0 N–H and O–H groups in total. The summed E-state index contributed by atoms with van der Waals surface area (Å²) in [5.74, 6) is 1.89. The third-order valence-corrected chi connectivity index (χ3v) is 8.22. The Balaban J connectivity index is 1.47. The number of halogens is 1. The number of likely N-dealkylation sites (N-methyl/N-ethyl adjacent to an activating group) is 1. The molecule has 8 nitrogen and oxygen atoms in total. The van der Waals surface area contributed by atoms with Crippen LogP contribution in [0.5, 0.6) is 0 Å². The van der Waals surface area contributed by atoms with E-state index in [-0.39, 0.29) is 5.91 Å². The Morgan fingerprint density at radius 2 is 1.84 bits per heavy atom. The van der Waals surface area contributed by atoms with Gasteiger partial charge in [-0.05, 0) is 31.3 Å². The highest BCUT2D eigenvalue weighted by Gasteiger charge is 2.45. The molecule has 3 aliphatic rings. The molecule has 5 rings (SSSR count). The van der Waals surface area contributed by atoms with Crippen molar-refractivity contribution in [2.75, 3.05) is 49.6 Å². The molecule has 0 radical (unpaired) electrons. The molecule has 3 aliphatic heterocycles. The van der Waals surface area contributed by atoms with E-state index in [9.17, 15) is 9.59 Å². The maximum atomic E-state index is 13.3. The number of thioether (sulfide) groups is 2. The SMILES string of the molecule is CN1CCN(C(=O)O[C@H]2C3=C(SCCS3)C(=O)N2c2ccc3ccc(Cl)nc3n2)CC1. The highest BCUT2D eigenvalue weighted by atomic mass is 35.5. The first-order valence-electron chi connectivity index (χ1n) is 9.92.